The van der Waals surface area contributed by atoms with Crippen LogP contribution in [0, 0.1) is 16.0 Å². The van der Waals surface area contributed by atoms with Crippen molar-refractivity contribution < 1.29 is 4.92 Å². The first-order valence-corrected chi connectivity index (χ1v) is 11.5. The summed E-state index contributed by atoms with van der Waals surface area (Å²) in [6.07, 6.45) is 6.33. The Kier molecular flexibility index (Phi) is 6.65. The second-order valence-corrected chi connectivity index (χ2v) is 8.65. The summed E-state index contributed by atoms with van der Waals surface area (Å²) in [4.78, 5) is 22.8. The fourth-order valence-electron chi connectivity index (χ4n) is 4.12. The topological polar surface area (TPSA) is 96.2 Å². The molecule has 2 fully saturated rings. The summed E-state index contributed by atoms with van der Waals surface area (Å²) in [6.45, 7) is 7.10. The van der Waals surface area contributed by atoms with E-state index in [1.54, 1.807) is 12.1 Å². The van der Waals surface area contributed by atoms with Crippen LogP contribution < -0.4 is 15.5 Å². The van der Waals surface area contributed by atoms with Gasteiger partial charge < -0.3 is 15.5 Å². The third-order valence-corrected chi connectivity index (χ3v) is 6.10. The maximum Gasteiger partial charge on any atom is 0.274 e. The van der Waals surface area contributed by atoms with E-state index in [0.29, 0.717) is 24.1 Å². The van der Waals surface area contributed by atoms with Crippen molar-refractivity contribution in [1.29, 1.82) is 0 Å². The number of aryl methyl sites for hydroxylation is 2. The Labute approximate surface area is 183 Å². The smallest absolute Gasteiger partial charge is 0.274 e. The molecule has 1 aromatic carbocycles. The molecule has 31 heavy (non-hydrogen) atoms. The molecule has 1 aliphatic carbocycles. The molecule has 2 aromatic rings. The van der Waals surface area contributed by atoms with E-state index in [4.69, 9.17) is 4.98 Å². The van der Waals surface area contributed by atoms with Gasteiger partial charge in [-0.1, -0.05) is 26.3 Å². The lowest BCUT2D eigenvalue weighted by molar-refractivity contribution is -0.385. The van der Waals surface area contributed by atoms with Crippen molar-refractivity contribution in [3.8, 4) is 0 Å². The Bertz CT molecular complexity index is 930. The van der Waals surface area contributed by atoms with Crippen molar-refractivity contribution in [1.82, 2.24) is 15.3 Å². The Morgan fingerprint density at radius 1 is 1.19 bits per heavy atom. The van der Waals surface area contributed by atoms with Crippen molar-refractivity contribution in [3.63, 3.8) is 0 Å². The van der Waals surface area contributed by atoms with Crippen LogP contribution in [0.25, 0.3) is 0 Å². The molecule has 0 amide bonds. The third kappa shape index (κ3) is 5.50. The van der Waals surface area contributed by atoms with Gasteiger partial charge in [0.05, 0.1) is 4.92 Å². The van der Waals surface area contributed by atoms with Crippen LogP contribution in [0.2, 0.25) is 0 Å². The first-order valence-electron chi connectivity index (χ1n) is 11.5. The second-order valence-electron chi connectivity index (χ2n) is 8.65. The minimum atomic E-state index is -0.331. The Morgan fingerprint density at radius 2 is 2.03 bits per heavy atom. The van der Waals surface area contributed by atoms with E-state index in [0.717, 1.165) is 61.9 Å². The summed E-state index contributed by atoms with van der Waals surface area (Å²) in [5, 5.41) is 18.3. The van der Waals surface area contributed by atoms with Gasteiger partial charge in [-0.2, -0.15) is 4.98 Å². The third-order valence-electron chi connectivity index (χ3n) is 6.10. The highest BCUT2D eigenvalue weighted by molar-refractivity contribution is 5.61. The van der Waals surface area contributed by atoms with Gasteiger partial charge >= 0.3 is 0 Å². The minimum absolute atomic E-state index is 0.126. The summed E-state index contributed by atoms with van der Waals surface area (Å²) >= 11 is 0. The fourth-order valence-corrected chi connectivity index (χ4v) is 4.12. The highest BCUT2D eigenvalue weighted by Crippen LogP contribution is 2.29. The molecule has 2 aliphatic rings. The van der Waals surface area contributed by atoms with Gasteiger partial charge in [0.2, 0.25) is 5.95 Å². The van der Waals surface area contributed by atoms with Crippen molar-refractivity contribution in [2.75, 3.05) is 29.9 Å². The van der Waals surface area contributed by atoms with E-state index in [9.17, 15) is 10.1 Å². The maximum atomic E-state index is 11.4. The molecular weight excluding hydrogens is 392 g/mol. The van der Waals surface area contributed by atoms with E-state index in [2.05, 4.69) is 33.5 Å². The maximum absolute atomic E-state index is 11.4. The van der Waals surface area contributed by atoms with Crippen molar-refractivity contribution >= 4 is 23.1 Å². The summed E-state index contributed by atoms with van der Waals surface area (Å²) in [5.41, 5.74) is 2.47. The summed E-state index contributed by atoms with van der Waals surface area (Å²) in [7, 11) is 0. The molecule has 0 unspecified atom stereocenters. The van der Waals surface area contributed by atoms with E-state index >= 15 is 0 Å². The molecule has 2 heterocycles. The predicted octanol–water partition coefficient (Wildman–Crippen LogP) is 4.22. The van der Waals surface area contributed by atoms with Crippen LogP contribution in [0.4, 0.5) is 23.1 Å². The lowest BCUT2D eigenvalue weighted by atomic mass is 10.1. The van der Waals surface area contributed by atoms with Crippen LogP contribution >= 0.6 is 0 Å². The molecule has 1 saturated carbocycles. The second kappa shape index (κ2) is 9.60. The highest BCUT2D eigenvalue weighted by Gasteiger charge is 2.27. The molecule has 1 aliphatic heterocycles. The zero-order valence-corrected chi connectivity index (χ0v) is 18.4. The quantitative estimate of drug-likeness (QED) is 0.435. The molecule has 4 rings (SSSR count). The lowest BCUT2D eigenvalue weighted by Gasteiger charge is -2.20. The predicted molar refractivity (Wildman–Crippen MR) is 123 cm³/mol. The van der Waals surface area contributed by atoms with Gasteiger partial charge in [0.15, 0.2) is 0 Å². The molecule has 1 saturated heterocycles. The highest BCUT2D eigenvalue weighted by atomic mass is 16.6. The Morgan fingerprint density at radius 3 is 2.74 bits per heavy atom. The van der Waals surface area contributed by atoms with Crippen molar-refractivity contribution in [3.05, 3.63) is 45.6 Å². The number of anilines is 3. The molecule has 166 valence electrons. The van der Waals surface area contributed by atoms with E-state index in [1.807, 2.05) is 13.0 Å². The number of hydrogen-bond acceptors (Lipinski definition) is 7. The van der Waals surface area contributed by atoms with Crippen molar-refractivity contribution in [2.24, 2.45) is 5.92 Å². The van der Waals surface area contributed by atoms with Gasteiger partial charge in [0.25, 0.3) is 5.69 Å². The Hall–Kier alpha value is -2.74. The average molecular weight is 425 g/mol. The molecule has 8 heteroatoms. The summed E-state index contributed by atoms with van der Waals surface area (Å²) in [6, 6.07) is 7.82. The number of nitrogens with zero attached hydrogens (tertiary/aromatic N) is 4. The van der Waals surface area contributed by atoms with E-state index in [-0.39, 0.29) is 10.6 Å². The molecule has 1 atom stereocenters. The van der Waals surface area contributed by atoms with E-state index in [1.165, 1.54) is 12.8 Å². The first kappa shape index (κ1) is 21.5. The molecule has 0 spiro atoms. The number of nitrogens with one attached hydrogen (secondary N) is 2. The molecule has 0 bridgehead atoms. The van der Waals surface area contributed by atoms with Gasteiger partial charge in [-0.05, 0) is 50.6 Å². The number of benzene rings is 1. The molecule has 1 aromatic heterocycles. The van der Waals surface area contributed by atoms with Gasteiger partial charge in [-0.25, -0.2) is 4.98 Å². The van der Waals surface area contributed by atoms with Crippen molar-refractivity contribution in [2.45, 2.75) is 58.4 Å². The molecule has 0 radical (unpaired) electrons. The van der Waals surface area contributed by atoms with Gasteiger partial charge in [-0.15, -0.1) is 0 Å². The normalized spacial score (nSPS) is 18.4. The lowest BCUT2D eigenvalue weighted by Crippen LogP contribution is -2.34. The zero-order valence-electron chi connectivity index (χ0n) is 18.4. The van der Waals surface area contributed by atoms with Gasteiger partial charge in [0.1, 0.15) is 5.82 Å². The Balaban J connectivity index is 1.52. The van der Waals surface area contributed by atoms with Gasteiger partial charge in [0, 0.05) is 48.2 Å². The number of aromatic nitrogens is 2. The number of hydrogen-bond donors (Lipinski definition) is 2. The van der Waals surface area contributed by atoms with Crippen LogP contribution in [-0.2, 0) is 12.8 Å². The monoisotopic (exact) mass is 424 g/mol. The summed E-state index contributed by atoms with van der Waals surface area (Å²) in [5.74, 6) is 2.30. The van der Waals surface area contributed by atoms with E-state index < -0.39 is 0 Å². The van der Waals surface area contributed by atoms with Crippen LogP contribution in [0.5, 0.6) is 0 Å². The standard InChI is InChI=1S/C23H32N6O2/c1-3-5-18-13-22(28-11-10-20(15-28)24-14-16-6-7-16)27-23(25-18)26-19-9-8-17(4-2)21(12-19)29(30)31/h8-9,12-13,16,20,24H,3-7,10-11,14-15H2,1-2H3,(H,25,26,27)/t20-/m0/s1. The van der Waals surface area contributed by atoms with Crippen LogP contribution in [0.3, 0.4) is 0 Å². The average Bonchev–Trinajstić information content (AvgIpc) is 3.47. The molecule has 8 nitrogen and oxygen atoms in total. The van der Waals surface area contributed by atoms with Gasteiger partial charge in [-0.3, -0.25) is 10.1 Å². The van der Waals surface area contributed by atoms with Crippen LogP contribution in [0.1, 0.15) is 50.8 Å². The number of nitro benzene ring substituents is 1. The number of rotatable bonds is 10. The largest absolute Gasteiger partial charge is 0.355 e. The molecule has 2 N–H and O–H groups in total. The summed E-state index contributed by atoms with van der Waals surface area (Å²) < 4.78 is 0. The fraction of sp³-hybridized carbons (Fsp3) is 0.565. The minimum Gasteiger partial charge on any atom is -0.355 e. The van der Waals surface area contributed by atoms with Crippen LogP contribution in [-0.4, -0.2) is 40.6 Å². The first-order chi connectivity index (χ1) is 15.1. The zero-order chi connectivity index (χ0) is 21.8. The molecular formula is C23H32N6O2. The SMILES string of the molecule is CCCc1cc(N2CC[C@H](NCC3CC3)C2)nc(Nc2ccc(CC)c([N+](=O)[O-])c2)n1. The van der Waals surface area contributed by atoms with Crippen LogP contribution in [0.15, 0.2) is 24.3 Å². The number of nitro groups is 1.